The van der Waals surface area contributed by atoms with Crippen LogP contribution in [0.4, 0.5) is 11.4 Å². The highest BCUT2D eigenvalue weighted by Gasteiger charge is 2.14. The molecule has 2 heterocycles. The number of benzene rings is 3. The van der Waals surface area contributed by atoms with Crippen molar-refractivity contribution in [2.24, 2.45) is 0 Å². The molecule has 0 saturated heterocycles. The maximum atomic E-state index is 13.0. The molecule has 0 unspecified atom stereocenters. The Morgan fingerprint density at radius 1 is 0.625 bits per heavy atom. The smallest absolute Gasteiger partial charge is 0.255 e. The molecule has 0 aliphatic rings. The topological polar surface area (TPSA) is 84.4 Å². The number of nitrogens with zero attached hydrogens (tertiary/aromatic N) is 2. The van der Waals surface area contributed by atoms with E-state index in [4.69, 9.17) is 9.47 Å². The van der Waals surface area contributed by atoms with E-state index in [1.54, 1.807) is 38.5 Å². The fourth-order valence-corrected chi connectivity index (χ4v) is 4.63. The molecule has 0 saturated carbocycles. The molecule has 3 aromatic carbocycles. The SMILES string of the molecule is COCC[n+]1cccc2ccc(NC(=O)c3ccc(C(=O)Nc4ccc5ccc[n+](CCOC)c5c4)cc3)cc21. The largest absolute Gasteiger partial charge is 0.378 e. The number of hydrogen-bond acceptors (Lipinski definition) is 4. The standard InChI is InChI=1S/C32H30N4O4/c1-39-19-17-35-15-3-5-23-11-13-27(21-29(23)35)33-31(37)25-7-9-26(10-8-25)32(38)34-28-14-12-24-6-4-16-36(18-20-40-2)30(24)22-28/h3-16,21-22H,17-20H2,1-2H3/p+2. The predicted octanol–water partition coefficient (Wildman–Crippen LogP) is 4.37. The first kappa shape index (κ1) is 26.9. The normalized spacial score (nSPS) is 11.1. The molecule has 8 heteroatoms. The van der Waals surface area contributed by atoms with Gasteiger partial charge in [-0.15, -0.1) is 0 Å². The number of fused-ring (bicyclic) bond motifs is 2. The molecular weight excluding hydrogens is 504 g/mol. The zero-order valence-electron chi connectivity index (χ0n) is 22.6. The van der Waals surface area contributed by atoms with E-state index < -0.39 is 0 Å². The van der Waals surface area contributed by atoms with E-state index in [1.165, 1.54) is 0 Å². The molecule has 0 bridgehead atoms. The Balaban J connectivity index is 1.27. The molecule has 0 aliphatic carbocycles. The minimum atomic E-state index is -0.249. The highest BCUT2D eigenvalue weighted by atomic mass is 16.5. The van der Waals surface area contributed by atoms with Crippen molar-refractivity contribution in [2.45, 2.75) is 13.1 Å². The van der Waals surface area contributed by atoms with Gasteiger partial charge in [0.15, 0.2) is 25.5 Å². The quantitative estimate of drug-likeness (QED) is 0.260. The van der Waals surface area contributed by atoms with Crippen LogP contribution in [0.3, 0.4) is 0 Å². The van der Waals surface area contributed by atoms with Gasteiger partial charge in [0.2, 0.25) is 11.0 Å². The maximum absolute atomic E-state index is 13.0. The van der Waals surface area contributed by atoms with Crippen molar-refractivity contribution < 1.29 is 28.2 Å². The second-order valence-corrected chi connectivity index (χ2v) is 9.42. The number of rotatable bonds is 10. The number of carbonyl (C=O) groups is 2. The molecule has 2 amide bonds. The van der Waals surface area contributed by atoms with Gasteiger partial charge in [-0.3, -0.25) is 9.59 Å². The summed E-state index contributed by atoms with van der Waals surface area (Å²) < 4.78 is 14.6. The van der Waals surface area contributed by atoms with Crippen LogP contribution < -0.4 is 19.8 Å². The van der Waals surface area contributed by atoms with Crippen LogP contribution in [-0.4, -0.2) is 39.2 Å². The van der Waals surface area contributed by atoms with E-state index >= 15 is 0 Å². The van der Waals surface area contributed by atoms with Crippen molar-refractivity contribution >= 4 is 45.0 Å². The van der Waals surface area contributed by atoms with Crippen LogP contribution in [0, 0.1) is 0 Å². The van der Waals surface area contributed by atoms with Crippen LogP contribution in [-0.2, 0) is 22.6 Å². The summed E-state index contributed by atoms with van der Waals surface area (Å²) in [4.78, 5) is 25.9. The third-order valence-electron chi connectivity index (χ3n) is 6.76. The van der Waals surface area contributed by atoms with Gasteiger partial charge >= 0.3 is 0 Å². The Bertz CT molecular complexity index is 1540. The minimum absolute atomic E-state index is 0.249. The average Bonchev–Trinajstić information content (AvgIpc) is 2.99. The second-order valence-electron chi connectivity index (χ2n) is 9.42. The summed E-state index contributed by atoms with van der Waals surface area (Å²) in [6.45, 7) is 2.61. The molecular formula is C32H32N4O4+2. The molecule has 5 aromatic rings. The first-order valence-corrected chi connectivity index (χ1v) is 13.1. The van der Waals surface area contributed by atoms with Crippen molar-refractivity contribution in [3.8, 4) is 0 Å². The summed E-state index contributed by atoms with van der Waals surface area (Å²) in [7, 11) is 3.35. The molecule has 40 heavy (non-hydrogen) atoms. The highest BCUT2D eigenvalue weighted by Crippen LogP contribution is 2.19. The Hall–Kier alpha value is -4.66. The summed E-state index contributed by atoms with van der Waals surface area (Å²) in [6.07, 6.45) is 3.99. The Kier molecular flexibility index (Phi) is 8.39. The lowest BCUT2D eigenvalue weighted by atomic mass is 10.1. The minimum Gasteiger partial charge on any atom is -0.378 e. The van der Waals surface area contributed by atoms with E-state index in [1.807, 2.05) is 73.1 Å². The Morgan fingerprint density at radius 2 is 1.05 bits per heavy atom. The number of nitrogens with one attached hydrogen (secondary N) is 2. The van der Waals surface area contributed by atoms with Crippen LogP contribution in [0.5, 0.6) is 0 Å². The number of anilines is 2. The molecule has 2 N–H and O–H groups in total. The lowest BCUT2D eigenvalue weighted by Gasteiger charge is -2.09. The van der Waals surface area contributed by atoms with Gasteiger partial charge in [-0.2, -0.15) is 9.13 Å². The van der Waals surface area contributed by atoms with E-state index in [2.05, 4.69) is 19.8 Å². The van der Waals surface area contributed by atoms with Gasteiger partial charge in [-0.1, -0.05) is 0 Å². The van der Waals surface area contributed by atoms with Crippen molar-refractivity contribution in [3.05, 3.63) is 108 Å². The molecule has 5 rings (SSSR count). The second kappa shape index (κ2) is 12.5. The number of ether oxygens (including phenoxy) is 2. The van der Waals surface area contributed by atoms with Crippen LogP contribution in [0.15, 0.2) is 97.3 Å². The van der Waals surface area contributed by atoms with Gasteiger partial charge in [-0.05, 0) is 60.7 Å². The van der Waals surface area contributed by atoms with Gasteiger partial charge in [0.05, 0.1) is 0 Å². The Morgan fingerprint density at radius 3 is 1.45 bits per heavy atom. The number of carbonyl (C=O) groups excluding carboxylic acids is 2. The number of aromatic nitrogens is 2. The number of pyridine rings is 2. The molecule has 8 nitrogen and oxygen atoms in total. The first-order chi connectivity index (χ1) is 19.6. The molecule has 2 aromatic heterocycles. The fourth-order valence-electron chi connectivity index (χ4n) is 4.63. The molecule has 202 valence electrons. The summed E-state index contributed by atoms with van der Waals surface area (Å²) in [6, 6.07) is 26.3. The summed E-state index contributed by atoms with van der Waals surface area (Å²) in [5.41, 5.74) is 4.31. The van der Waals surface area contributed by atoms with Crippen LogP contribution in [0.1, 0.15) is 20.7 Å². The maximum Gasteiger partial charge on any atom is 0.255 e. The molecule has 0 spiro atoms. The lowest BCUT2D eigenvalue weighted by molar-refractivity contribution is -0.673. The average molecular weight is 537 g/mol. The molecule has 0 radical (unpaired) electrons. The number of methoxy groups -OCH3 is 2. The predicted molar refractivity (Wildman–Crippen MR) is 154 cm³/mol. The third kappa shape index (κ3) is 6.14. The van der Waals surface area contributed by atoms with E-state index in [9.17, 15) is 9.59 Å². The highest BCUT2D eigenvalue weighted by molar-refractivity contribution is 6.07. The van der Waals surface area contributed by atoms with Crippen molar-refractivity contribution in [3.63, 3.8) is 0 Å². The third-order valence-corrected chi connectivity index (χ3v) is 6.76. The lowest BCUT2D eigenvalue weighted by Crippen LogP contribution is -2.36. The van der Waals surface area contributed by atoms with Gasteiger partial charge in [0.1, 0.15) is 13.2 Å². The van der Waals surface area contributed by atoms with E-state index in [0.717, 1.165) is 21.8 Å². The number of hydrogen-bond donors (Lipinski definition) is 2. The van der Waals surface area contributed by atoms with E-state index in [0.29, 0.717) is 48.8 Å². The van der Waals surface area contributed by atoms with E-state index in [-0.39, 0.29) is 11.8 Å². The molecule has 0 aliphatic heterocycles. The monoisotopic (exact) mass is 536 g/mol. The van der Waals surface area contributed by atoms with Gasteiger partial charge in [0.25, 0.3) is 11.8 Å². The summed E-state index contributed by atoms with van der Waals surface area (Å²) >= 11 is 0. The number of amides is 2. The van der Waals surface area contributed by atoms with Crippen LogP contribution >= 0.6 is 0 Å². The van der Waals surface area contributed by atoms with Crippen LogP contribution in [0.25, 0.3) is 21.8 Å². The van der Waals surface area contributed by atoms with Crippen molar-refractivity contribution in [1.29, 1.82) is 0 Å². The zero-order valence-corrected chi connectivity index (χ0v) is 22.6. The zero-order chi connectivity index (χ0) is 27.9. The van der Waals surface area contributed by atoms with Crippen molar-refractivity contribution in [1.82, 2.24) is 0 Å². The van der Waals surface area contributed by atoms with Gasteiger partial charge < -0.3 is 20.1 Å². The molecule has 0 atom stereocenters. The van der Waals surface area contributed by atoms with Gasteiger partial charge in [0, 0.05) is 71.8 Å². The van der Waals surface area contributed by atoms with Gasteiger partial charge in [-0.25, -0.2) is 0 Å². The summed E-state index contributed by atoms with van der Waals surface area (Å²) in [5, 5.41) is 8.07. The summed E-state index contributed by atoms with van der Waals surface area (Å²) in [5.74, 6) is -0.498. The first-order valence-electron chi connectivity index (χ1n) is 13.1. The van der Waals surface area contributed by atoms with Crippen LogP contribution in [0.2, 0.25) is 0 Å². The fraction of sp³-hybridized carbons (Fsp3) is 0.188. The Labute approximate surface area is 232 Å². The molecule has 0 fully saturated rings. The van der Waals surface area contributed by atoms with Crippen molar-refractivity contribution in [2.75, 3.05) is 38.1 Å².